The lowest BCUT2D eigenvalue weighted by Gasteiger charge is -2.14. The van der Waals surface area contributed by atoms with E-state index in [-0.39, 0.29) is 0 Å². The van der Waals surface area contributed by atoms with Gasteiger partial charge in [0, 0.05) is 5.57 Å². The summed E-state index contributed by atoms with van der Waals surface area (Å²) in [5.41, 5.74) is -4.89. The van der Waals surface area contributed by atoms with Crippen LogP contribution < -0.4 is 4.74 Å². The Morgan fingerprint density at radius 3 is 1.26 bits per heavy atom. The highest BCUT2D eigenvalue weighted by atomic mass is 19.2. The van der Waals surface area contributed by atoms with Crippen LogP contribution in [0.3, 0.4) is 0 Å². The highest BCUT2D eigenvalue weighted by molar-refractivity contribution is 5.89. The maximum atomic E-state index is 14.1. The summed E-state index contributed by atoms with van der Waals surface area (Å²) < 4.78 is 127. The van der Waals surface area contributed by atoms with Crippen LogP contribution in [-0.4, -0.2) is 5.97 Å². The molecule has 0 amide bonds. The second-order valence-electron chi connectivity index (χ2n) is 5.07. The van der Waals surface area contributed by atoms with Gasteiger partial charge in [0.25, 0.3) is 0 Å². The van der Waals surface area contributed by atoms with Crippen LogP contribution in [0.4, 0.5) is 39.5 Å². The highest BCUT2D eigenvalue weighted by Gasteiger charge is 2.35. The van der Waals surface area contributed by atoms with Gasteiger partial charge in [0.2, 0.25) is 23.2 Å². The molecule has 0 atom stereocenters. The first kappa shape index (κ1) is 20.3. The van der Waals surface area contributed by atoms with Crippen LogP contribution in [0.15, 0.2) is 12.2 Å². The summed E-state index contributed by atoms with van der Waals surface area (Å²) in [5, 5.41) is 0. The summed E-state index contributed by atoms with van der Waals surface area (Å²) in [7, 11) is 0. The second kappa shape index (κ2) is 6.97. The van der Waals surface area contributed by atoms with Gasteiger partial charge in [0.05, 0.1) is 11.1 Å². The van der Waals surface area contributed by atoms with Crippen molar-refractivity contribution >= 4 is 5.97 Å². The summed E-state index contributed by atoms with van der Waals surface area (Å²) in [6, 6.07) is 0. The van der Waals surface area contributed by atoms with Crippen molar-refractivity contribution < 1.29 is 49.0 Å². The normalized spacial score (nSPS) is 10.9. The number of esters is 1. The molecule has 11 heteroatoms. The molecule has 0 aliphatic carbocycles. The molecule has 0 saturated carbocycles. The van der Waals surface area contributed by atoms with E-state index in [0.29, 0.717) is 0 Å². The second-order valence-corrected chi connectivity index (χ2v) is 5.07. The van der Waals surface area contributed by atoms with E-state index in [1.807, 2.05) is 0 Å². The molecule has 0 aliphatic heterocycles. The number of hydrogen-bond donors (Lipinski definition) is 0. The smallest absolute Gasteiger partial charge is 0.338 e. The lowest BCUT2D eigenvalue weighted by Crippen LogP contribution is -2.14. The number of carbonyl (C=O) groups is 1. The Balaban J connectivity index is 2.87. The Hall–Kier alpha value is -2.98. The first-order valence-corrected chi connectivity index (χ1v) is 6.67. The summed E-state index contributed by atoms with van der Waals surface area (Å²) >= 11 is 0. The predicted octanol–water partition coefficient (Wildman–Crippen LogP) is 5.09. The van der Waals surface area contributed by atoms with Crippen LogP contribution in [-0.2, 0) is 4.79 Å². The molecule has 0 aromatic heterocycles. The molecule has 2 aromatic rings. The van der Waals surface area contributed by atoms with Gasteiger partial charge in [0.1, 0.15) is 0 Å². The van der Waals surface area contributed by atoms with Gasteiger partial charge in [-0.05, 0) is 6.92 Å². The molecular weight excluding hydrogens is 395 g/mol. The lowest BCUT2D eigenvalue weighted by atomic mass is 10.0. The van der Waals surface area contributed by atoms with E-state index in [1.165, 1.54) is 0 Å². The van der Waals surface area contributed by atoms with E-state index >= 15 is 0 Å². The molecule has 0 N–H and O–H groups in total. The summed E-state index contributed by atoms with van der Waals surface area (Å²) in [4.78, 5) is 11.3. The Bertz CT molecular complexity index is 940. The molecule has 0 unspecified atom stereocenters. The van der Waals surface area contributed by atoms with E-state index in [0.717, 1.165) is 6.92 Å². The van der Waals surface area contributed by atoms with Crippen molar-refractivity contribution in [1.82, 2.24) is 0 Å². The molecular formula is C16H5F9O2. The third kappa shape index (κ3) is 3.13. The van der Waals surface area contributed by atoms with E-state index in [4.69, 9.17) is 0 Å². The zero-order valence-electron chi connectivity index (χ0n) is 12.9. The SMILES string of the molecule is C=C(C)C(=O)Oc1c(F)c(F)c(-c2c(F)c(F)c(F)c(F)c2F)c(F)c1F. The van der Waals surface area contributed by atoms with Crippen molar-refractivity contribution in [3.63, 3.8) is 0 Å². The third-order valence-electron chi connectivity index (χ3n) is 3.23. The molecule has 0 bridgehead atoms. The van der Waals surface area contributed by atoms with Crippen molar-refractivity contribution in [2.24, 2.45) is 0 Å². The van der Waals surface area contributed by atoms with E-state index in [9.17, 15) is 44.3 Å². The van der Waals surface area contributed by atoms with Crippen LogP contribution in [0.1, 0.15) is 6.92 Å². The van der Waals surface area contributed by atoms with Gasteiger partial charge in [-0.25, -0.2) is 35.5 Å². The van der Waals surface area contributed by atoms with Crippen LogP contribution in [0.25, 0.3) is 11.1 Å². The monoisotopic (exact) mass is 400 g/mol. The van der Waals surface area contributed by atoms with Gasteiger partial charge in [-0.3, -0.25) is 0 Å². The first-order valence-electron chi connectivity index (χ1n) is 6.67. The van der Waals surface area contributed by atoms with Gasteiger partial charge in [-0.2, -0.15) is 8.78 Å². The van der Waals surface area contributed by atoms with Crippen molar-refractivity contribution in [2.45, 2.75) is 6.92 Å². The number of rotatable bonds is 3. The Morgan fingerprint density at radius 1 is 0.630 bits per heavy atom. The maximum Gasteiger partial charge on any atom is 0.338 e. The van der Waals surface area contributed by atoms with E-state index < -0.39 is 80.8 Å². The summed E-state index contributed by atoms with van der Waals surface area (Å²) in [6.07, 6.45) is 0. The molecule has 144 valence electrons. The van der Waals surface area contributed by atoms with Gasteiger partial charge < -0.3 is 4.74 Å². The predicted molar refractivity (Wildman–Crippen MR) is 71.9 cm³/mol. The number of ether oxygens (including phenoxy) is 1. The summed E-state index contributed by atoms with van der Waals surface area (Å²) in [5.74, 6) is -26.7. The van der Waals surface area contributed by atoms with E-state index in [1.54, 1.807) is 0 Å². The molecule has 0 saturated heterocycles. The maximum absolute atomic E-state index is 14.1. The molecule has 0 aliphatic rings. The molecule has 2 rings (SSSR count). The Labute approximate surface area is 144 Å². The molecule has 2 nitrogen and oxygen atoms in total. The average Bonchev–Trinajstić information content (AvgIpc) is 2.62. The minimum Gasteiger partial charge on any atom is -0.417 e. The highest BCUT2D eigenvalue weighted by Crippen LogP contribution is 2.39. The topological polar surface area (TPSA) is 26.3 Å². The van der Waals surface area contributed by atoms with Crippen molar-refractivity contribution in [3.8, 4) is 16.9 Å². The van der Waals surface area contributed by atoms with Gasteiger partial charge in [-0.1, -0.05) is 6.58 Å². The fourth-order valence-corrected chi connectivity index (χ4v) is 1.92. The van der Waals surface area contributed by atoms with Crippen LogP contribution in [0, 0.1) is 52.4 Å². The Morgan fingerprint density at radius 2 is 0.926 bits per heavy atom. The first-order chi connectivity index (χ1) is 12.4. The zero-order valence-corrected chi connectivity index (χ0v) is 12.9. The minimum absolute atomic E-state index is 0.432. The minimum atomic E-state index is -2.68. The quantitative estimate of drug-likeness (QED) is 0.179. The van der Waals surface area contributed by atoms with Crippen molar-refractivity contribution in [1.29, 1.82) is 0 Å². The fraction of sp³-hybridized carbons (Fsp3) is 0.0625. The third-order valence-corrected chi connectivity index (χ3v) is 3.23. The van der Waals surface area contributed by atoms with Crippen molar-refractivity contribution in [2.75, 3.05) is 0 Å². The lowest BCUT2D eigenvalue weighted by molar-refractivity contribution is -0.130. The van der Waals surface area contributed by atoms with Crippen LogP contribution in [0.5, 0.6) is 5.75 Å². The standard InChI is InChI=1S/C16H5F9O2/c1-3(2)16(26)27-15-13(24)8(19)5(9(20)14(15)25)4-6(17)10(21)12(23)11(22)7(4)18/h1H2,2H3. The fourth-order valence-electron chi connectivity index (χ4n) is 1.92. The molecule has 0 fully saturated rings. The Kier molecular flexibility index (Phi) is 5.25. The van der Waals surface area contributed by atoms with Crippen LogP contribution in [0.2, 0.25) is 0 Å². The van der Waals surface area contributed by atoms with Crippen LogP contribution >= 0.6 is 0 Å². The van der Waals surface area contributed by atoms with Gasteiger partial charge in [0.15, 0.2) is 34.9 Å². The number of benzene rings is 2. The largest absolute Gasteiger partial charge is 0.417 e. The number of carbonyl (C=O) groups excluding carboxylic acids is 1. The molecule has 0 heterocycles. The number of hydrogen-bond acceptors (Lipinski definition) is 2. The molecule has 2 aromatic carbocycles. The van der Waals surface area contributed by atoms with Gasteiger partial charge >= 0.3 is 5.97 Å². The molecule has 27 heavy (non-hydrogen) atoms. The summed E-state index contributed by atoms with van der Waals surface area (Å²) in [6.45, 7) is 4.07. The number of halogens is 9. The average molecular weight is 400 g/mol. The van der Waals surface area contributed by atoms with E-state index in [2.05, 4.69) is 11.3 Å². The molecule has 0 radical (unpaired) electrons. The van der Waals surface area contributed by atoms with Crippen molar-refractivity contribution in [3.05, 3.63) is 64.5 Å². The van der Waals surface area contributed by atoms with Gasteiger partial charge in [-0.15, -0.1) is 0 Å². The zero-order chi connectivity index (χ0) is 20.8. The molecule has 0 spiro atoms.